The molecule has 0 fully saturated rings. The number of carbonyl (C=O) groups is 1. The van der Waals surface area contributed by atoms with Gasteiger partial charge in [-0.3, -0.25) is 4.79 Å². The highest BCUT2D eigenvalue weighted by Crippen LogP contribution is 2.23. The van der Waals surface area contributed by atoms with Gasteiger partial charge in [-0.15, -0.1) is 0 Å². The van der Waals surface area contributed by atoms with Gasteiger partial charge in [-0.25, -0.2) is 0 Å². The molecule has 1 aliphatic heterocycles. The molecule has 2 aromatic rings. The summed E-state index contributed by atoms with van der Waals surface area (Å²) >= 11 is 8.10. The number of fused-ring (bicyclic) bond motifs is 1. The number of anilines is 1. The van der Waals surface area contributed by atoms with E-state index in [0.29, 0.717) is 11.4 Å². The van der Waals surface area contributed by atoms with E-state index in [2.05, 4.69) is 45.4 Å². The van der Waals surface area contributed by atoms with E-state index in [4.69, 9.17) is 11.6 Å². The standard InChI is InChI=1S/C16H14ClIN2O/c17-12-5-6-14(13(18)8-12)20-16(21)15-7-10-3-1-2-4-11(10)9-19-15/h1-6,8,15,19H,7,9H2,(H,20,21)/t15-/m0/s1. The average molecular weight is 413 g/mol. The van der Waals surface area contributed by atoms with Crippen molar-refractivity contribution in [2.75, 3.05) is 5.32 Å². The van der Waals surface area contributed by atoms with Crippen molar-refractivity contribution in [3.63, 3.8) is 0 Å². The van der Waals surface area contributed by atoms with Gasteiger partial charge in [0, 0.05) is 15.1 Å². The molecule has 1 amide bonds. The normalized spacial score (nSPS) is 17.1. The van der Waals surface area contributed by atoms with Crippen LogP contribution in [0, 0.1) is 3.57 Å². The van der Waals surface area contributed by atoms with Crippen molar-refractivity contribution in [2.24, 2.45) is 0 Å². The lowest BCUT2D eigenvalue weighted by Crippen LogP contribution is -2.44. The monoisotopic (exact) mass is 412 g/mol. The van der Waals surface area contributed by atoms with Gasteiger partial charge in [0.05, 0.1) is 11.7 Å². The second-order valence-corrected chi connectivity index (χ2v) is 6.62. The molecule has 2 aromatic carbocycles. The van der Waals surface area contributed by atoms with Crippen LogP contribution in [-0.4, -0.2) is 11.9 Å². The lowest BCUT2D eigenvalue weighted by atomic mass is 9.95. The predicted molar refractivity (Wildman–Crippen MR) is 93.6 cm³/mol. The molecule has 0 radical (unpaired) electrons. The van der Waals surface area contributed by atoms with Crippen LogP contribution in [0.25, 0.3) is 0 Å². The minimum Gasteiger partial charge on any atom is -0.324 e. The van der Waals surface area contributed by atoms with E-state index < -0.39 is 0 Å². The van der Waals surface area contributed by atoms with E-state index in [-0.39, 0.29) is 11.9 Å². The summed E-state index contributed by atoms with van der Waals surface area (Å²) in [6.07, 6.45) is 0.714. The van der Waals surface area contributed by atoms with Gasteiger partial charge in [-0.2, -0.15) is 0 Å². The molecule has 0 saturated carbocycles. The zero-order valence-electron chi connectivity index (χ0n) is 11.2. The van der Waals surface area contributed by atoms with E-state index >= 15 is 0 Å². The number of halogens is 2. The van der Waals surface area contributed by atoms with Gasteiger partial charge < -0.3 is 10.6 Å². The fourth-order valence-electron chi connectivity index (χ4n) is 2.45. The Morgan fingerprint density at radius 3 is 2.76 bits per heavy atom. The Morgan fingerprint density at radius 2 is 2.00 bits per heavy atom. The first-order chi connectivity index (χ1) is 10.1. The van der Waals surface area contributed by atoms with Crippen molar-refractivity contribution >= 4 is 45.8 Å². The number of hydrogen-bond donors (Lipinski definition) is 2. The number of hydrogen-bond acceptors (Lipinski definition) is 2. The highest BCUT2D eigenvalue weighted by Gasteiger charge is 2.24. The molecule has 0 aliphatic carbocycles. The Bertz CT molecular complexity index is 690. The Morgan fingerprint density at radius 1 is 1.24 bits per heavy atom. The average Bonchev–Trinajstić information content (AvgIpc) is 2.49. The number of carbonyl (C=O) groups excluding carboxylic acids is 1. The second-order valence-electron chi connectivity index (χ2n) is 5.02. The topological polar surface area (TPSA) is 41.1 Å². The molecule has 0 saturated heterocycles. The largest absolute Gasteiger partial charge is 0.324 e. The molecule has 1 aliphatic rings. The first-order valence-corrected chi connectivity index (χ1v) is 8.15. The number of benzene rings is 2. The molecule has 2 N–H and O–H groups in total. The van der Waals surface area contributed by atoms with Crippen LogP contribution in [0.15, 0.2) is 42.5 Å². The molecule has 0 unspecified atom stereocenters. The number of rotatable bonds is 2. The Labute approximate surface area is 142 Å². The lowest BCUT2D eigenvalue weighted by Gasteiger charge is -2.25. The van der Waals surface area contributed by atoms with Crippen LogP contribution < -0.4 is 10.6 Å². The second kappa shape index (κ2) is 6.34. The van der Waals surface area contributed by atoms with E-state index in [1.54, 1.807) is 6.07 Å². The summed E-state index contributed by atoms with van der Waals surface area (Å²) < 4.78 is 0.935. The summed E-state index contributed by atoms with van der Waals surface area (Å²) in [7, 11) is 0. The minimum absolute atomic E-state index is 0.00950. The van der Waals surface area contributed by atoms with Crippen LogP contribution >= 0.6 is 34.2 Å². The third-order valence-electron chi connectivity index (χ3n) is 3.59. The van der Waals surface area contributed by atoms with Gasteiger partial charge in [-0.05, 0) is 58.3 Å². The maximum Gasteiger partial charge on any atom is 0.241 e. The highest BCUT2D eigenvalue weighted by molar-refractivity contribution is 14.1. The maximum absolute atomic E-state index is 12.4. The fourth-order valence-corrected chi connectivity index (χ4v) is 3.46. The van der Waals surface area contributed by atoms with E-state index in [1.807, 2.05) is 24.3 Å². The van der Waals surface area contributed by atoms with Crippen molar-refractivity contribution in [3.8, 4) is 0 Å². The zero-order chi connectivity index (χ0) is 14.8. The summed E-state index contributed by atoms with van der Waals surface area (Å²) in [6.45, 7) is 0.728. The first-order valence-electron chi connectivity index (χ1n) is 6.69. The smallest absolute Gasteiger partial charge is 0.241 e. The molecule has 0 bridgehead atoms. The quantitative estimate of drug-likeness (QED) is 0.740. The first kappa shape index (κ1) is 14.8. The third-order valence-corrected chi connectivity index (χ3v) is 4.71. The van der Waals surface area contributed by atoms with Crippen LogP contribution in [0.5, 0.6) is 0 Å². The molecule has 3 rings (SSSR count). The van der Waals surface area contributed by atoms with Crippen molar-refractivity contribution in [1.29, 1.82) is 0 Å². The highest BCUT2D eigenvalue weighted by atomic mass is 127. The Kier molecular flexibility index (Phi) is 4.47. The maximum atomic E-state index is 12.4. The summed E-state index contributed by atoms with van der Waals surface area (Å²) in [4.78, 5) is 12.4. The van der Waals surface area contributed by atoms with Gasteiger partial charge in [0.2, 0.25) is 5.91 Å². The van der Waals surface area contributed by atoms with Gasteiger partial charge >= 0.3 is 0 Å². The molecule has 108 valence electrons. The van der Waals surface area contributed by atoms with Crippen molar-refractivity contribution < 1.29 is 4.79 Å². The Balaban J connectivity index is 1.72. The summed E-state index contributed by atoms with van der Waals surface area (Å²) in [5.74, 6) is -0.00950. The van der Waals surface area contributed by atoms with Gasteiger partial charge in [-0.1, -0.05) is 35.9 Å². The molecule has 0 aromatic heterocycles. The molecule has 5 heteroatoms. The van der Waals surface area contributed by atoms with Crippen molar-refractivity contribution in [1.82, 2.24) is 5.32 Å². The summed E-state index contributed by atoms with van der Waals surface area (Å²) in [6, 6.07) is 13.5. The van der Waals surface area contributed by atoms with Crippen LogP contribution in [0.3, 0.4) is 0 Å². The zero-order valence-corrected chi connectivity index (χ0v) is 14.1. The van der Waals surface area contributed by atoms with E-state index in [0.717, 1.165) is 15.8 Å². The van der Waals surface area contributed by atoms with Crippen LogP contribution in [0.1, 0.15) is 11.1 Å². The van der Waals surface area contributed by atoms with Crippen LogP contribution in [0.4, 0.5) is 5.69 Å². The van der Waals surface area contributed by atoms with Crippen LogP contribution in [-0.2, 0) is 17.8 Å². The fraction of sp³-hybridized carbons (Fsp3) is 0.188. The molecule has 1 heterocycles. The van der Waals surface area contributed by atoms with Gasteiger partial charge in [0.1, 0.15) is 0 Å². The molecular formula is C16H14ClIN2O. The molecule has 3 nitrogen and oxygen atoms in total. The van der Waals surface area contributed by atoms with E-state index in [9.17, 15) is 4.79 Å². The lowest BCUT2D eigenvalue weighted by molar-refractivity contribution is -0.118. The van der Waals surface area contributed by atoms with Gasteiger partial charge in [0.15, 0.2) is 0 Å². The molecular weight excluding hydrogens is 399 g/mol. The predicted octanol–water partition coefficient (Wildman–Crippen LogP) is 3.60. The van der Waals surface area contributed by atoms with Crippen molar-refractivity contribution in [3.05, 3.63) is 62.2 Å². The molecule has 0 spiro atoms. The van der Waals surface area contributed by atoms with E-state index in [1.165, 1.54) is 11.1 Å². The SMILES string of the molecule is O=C(Nc1ccc(Cl)cc1I)[C@@H]1Cc2ccccc2CN1. The number of nitrogens with one attached hydrogen (secondary N) is 2. The van der Waals surface area contributed by atoms with Crippen LogP contribution in [0.2, 0.25) is 5.02 Å². The Hall–Kier alpha value is -1.11. The summed E-state index contributed by atoms with van der Waals surface area (Å²) in [5.41, 5.74) is 3.30. The minimum atomic E-state index is -0.202. The summed E-state index contributed by atoms with van der Waals surface area (Å²) in [5, 5.41) is 6.92. The molecule has 1 atom stereocenters. The van der Waals surface area contributed by atoms with Gasteiger partial charge in [0.25, 0.3) is 0 Å². The number of amides is 1. The molecule has 21 heavy (non-hydrogen) atoms. The third kappa shape index (κ3) is 3.39. The van der Waals surface area contributed by atoms with Crippen molar-refractivity contribution in [2.45, 2.75) is 19.0 Å².